The van der Waals surface area contributed by atoms with Crippen molar-refractivity contribution >= 4 is 5.97 Å². The molecule has 2 rings (SSSR count). The summed E-state index contributed by atoms with van der Waals surface area (Å²) in [6, 6.07) is 0. The lowest BCUT2D eigenvalue weighted by Crippen LogP contribution is -2.30. The Morgan fingerprint density at radius 1 is 1.47 bits per heavy atom. The number of rotatable bonds is 1. The van der Waals surface area contributed by atoms with Crippen LogP contribution in [-0.4, -0.2) is 19.2 Å². The largest absolute Gasteiger partial charge is 0.479 e. The van der Waals surface area contributed by atoms with Gasteiger partial charge in [0.15, 0.2) is 6.10 Å². The van der Waals surface area contributed by atoms with Gasteiger partial charge in [-0.3, -0.25) is 0 Å². The van der Waals surface area contributed by atoms with Gasteiger partial charge in [0.25, 0.3) is 0 Å². The zero-order valence-electron chi connectivity index (χ0n) is 11.2. The molecule has 0 saturated carbocycles. The molecule has 0 aromatic carbocycles. The highest BCUT2D eigenvalue weighted by Crippen LogP contribution is 2.33. The summed E-state index contributed by atoms with van der Waals surface area (Å²) in [5, 5.41) is 0. The Labute approximate surface area is 103 Å². The van der Waals surface area contributed by atoms with Crippen LogP contribution in [0.4, 0.5) is 0 Å². The summed E-state index contributed by atoms with van der Waals surface area (Å²) in [4.78, 5) is 11.3. The average Bonchev–Trinajstić information content (AvgIpc) is 2.39. The van der Waals surface area contributed by atoms with Gasteiger partial charge < -0.3 is 9.47 Å². The van der Waals surface area contributed by atoms with E-state index in [1.54, 1.807) is 0 Å². The van der Waals surface area contributed by atoms with E-state index in [1.165, 1.54) is 12.7 Å². The minimum absolute atomic E-state index is 0.270. The highest BCUT2D eigenvalue weighted by Gasteiger charge is 2.29. The van der Waals surface area contributed by atoms with Crippen LogP contribution in [0.25, 0.3) is 0 Å². The van der Waals surface area contributed by atoms with Gasteiger partial charge in [0, 0.05) is 0 Å². The maximum Gasteiger partial charge on any atom is 0.347 e. The first-order valence-electron chi connectivity index (χ1n) is 6.36. The van der Waals surface area contributed by atoms with Crippen LogP contribution >= 0.6 is 0 Å². The molecule has 0 aromatic heterocycles. The molecule has 1 aliphatic carbocycles. The molecular weight excluding hydrogens is 216 g/mol. The molecule has 3 heteroatoms. The molecule has 0 N–H and O–H groups in total. The molecule has 17 heavy (non-hydrogen) atoms. The second kappa shape index (κ2) is 6.48. The van der Waals surface area contributed by atoms with Gasteiger partial charge in [0.1, 0.15) is 5.76 Å². The van der Waals surface area contributed by atoms with Crippen molar-refractivity contribution in [2.24, 2.45) is 5.92 Å². The lowest BCUT2D eigenvalue weighted by atomic mass is 9.91. The summed E-state index contributed by atoms with van der Waals surface area (Å²) in [6.45, 7) is 6.14. The first-order valence-corrected chi connectivity index (χ1v) is 6.36. The number of carbonyl (C=O) groups excluding carboxylic acids is 1. The quantitative estimate of drug-likeness (QED) is 0.658. The second-order valence-corrected chi connectivity index (χ2v) is 4.14. The van der Waals surface area contributed by atoms with Gasteiger partial charge in [-0.25, -0.2) is 4.79 Å². The molecule has 96 valence electrons. The van der Waals surface area contributed by atoms with E-state index in [9.17, 15) is 4.79 Å². The zero-order chi connectivity index (χ0) is 12.8. The van der Waals surface area contributed by atoms with Gasteiger partial charge >= 0.3 is 5.97 Å². The van der Waals surface area contributed by atoms with Crippen LogP contribution in [0.2, 0.25) is 0 Å². The van der Waals surface area contributed by atoms with Crippen molar-refractivity contribution in [2.45, 2.75) is 46.1 Å². The zero-order valence-corrected chi connectivity index (χ0v) is 11.2. The van der Waals surface area contributed by atoms with Crippen LogP contribution in [0, 0.1) is 5.92 Å². The SMILES string of the molecule is CC.COC(=O)C1CCC2=CCC(C)C=C2O1. The minimum atomic E-state index is -0.413. The highest BCUT2D eigenvalue weighted by molar-refractivity contribution is 5.75. The Morgan fingerprint density at radius 2 is 2.18 bits per heavy atom. The van der Waals surface area contributed by atoms with Gasteiger partial charge in [0.05, 0.1) is 7.11 Å². The maximum absolute atomic E-state index is 11.3. The Morgan fingerprint density at radius 3 is 2.82 bits per heavy atom. The molecule has 0 amide bonds. The lowest BCUT2D eigenvalue weighted by Gasteiger charge is -2.29. The number of ether oxygens (including phenoxy) is 2. The topological polar surface area (TPSA) is 35.5 Å². The van der Waals surface area contributed by atoms with Gasteiger partial charge in [-0.1, -0.05) is 26.8 Å². The lowest BCUT2D eigenvalue weighted by molar-refractivity contribution is -0.152. The third-order valence-electron chi connectivity index (χ3n) is 2.90. The molecule has 0 bridgehead atoms. The van der Waals surface area contributed by atoms with E-state index in [2.05, 4.69) is 23.8 Å². The number of carbonyl (C=O) groups is 1. The Kier molecular flexibility index (Phi) is 5.26. The van der Waals surface area contributed by atoms with E-state index in [0.29, 0.717) is 5.92 Å². The molecule has 1 aliphatic heterocycles. The molecule has 2 aliphatic rings. The number of hydrogen-bond donors (Lipinski definition) is 0. The van der Waals surface area contributed by atoms with E-state index >= 15 is 0 Å². The molecule has 0 spiro atoms. The number of allylic oxidation sites excluding steroid dienone is 3. The maximum atomic E-state index is 11.3. The van der Waals surface area contributed by atoms with E-state index < -0.39 is 6.10 Å². The smallest absolute Gasteiger partial charge is 0.347 e. The van der Waals surface area contributed by atoms with E-state index in [4.69, 9.17) is 4.74 Å². The monoisotopic (exact) mass is 238 g/mol. The summed E-state index contributed by atoms with van der Waals surface area (Å²) < 4.78 is 10.3. The first-order chi connectivity index (χ1) is 8.20. The molecule has 1 fully saturated rings. The van der Waals surface area contributed by atoms with Crippen molar-refractivity contribution in [3.05, 3.63) is 23.5 Å². The molecule has 1 heterocycles. The molecular formula is C14H22O3. The summed E-state index contributed by atoms with van der Waals surface area (Å²) >= 11 is 0. The molecule has 2 unspecified atom stereocenters. The number of fused-ring (bicyclic) bond motifs is 1. The van der Waals surface area contributed by atoms with Gasteiger partial charge in [-0.2, -0.15) is 0 Å². The number of esters is 1. The summed E-state index contributed by atoms with van der Waals surface area (Å²) in [6.07, 6.45) is 6.62. The third kappa shape index (κ3) is 3.35. The van der Waals surface area contributed by atoms with Crippen LogP contribution < -0.4 is 0 Å². The van der Waals surface area contributed by atoms with Crippen molar-refractivity contribution in [3.63, 3.8) is 0 Å². The Balaban J connectivity index is 0.000000686. The predicted molar refractivity (Wildman–Crippen MR) is 67.4 cm³/mol. The molecule has 0 aromatic rings. The number of hydrogen-bond acceptors (Lipinski definition) is 3. The van der Waals surface area contributed by atoms with Crippen molar-refractivity contribution in [1.82, 2.24) is 0 Å². The second-order valence-electron chi connectivity index (χ2n) is 4.14. The normalized spacial score (nSPS) is 26.4. The Hall–Kier alpha value is -1.25. The Bertz CT molecular complexity index is 328. The van der Waals surface area contributed by atoms with Crippen molar-refractivity contribution in [3.8, 4) is 0 Å². The number of methoxy groups -OCH3 is 1. The van der Waals surface area contributed by atoms with Gasteiger partial charge in [-0.15, -0.1) is 0 Å². The predicted octanol–water partition coefficient (Wildman–Crippen LogP) is 3.21. The molecule has 0 radical (unpaired) electrons. The van der Waals surface area contributed by atoms with E-state index in [0.717, 1.165) is 25.0 Å². The fraction of sp³-hybridized carbons (Fsp3) is 0.643. The standard InChI is InChI=1S/C12H16O3.C2H6/c1-8-3-4-9-5-6-10(12(13)14-2)15-11(9)7-8;1-2/h4,7-8,10H,3,5-6H2,1-2H3;1-2H3. The molecule has 3 nitrogen and oxygen atoms in total. The van der Waals surface area contributed by atoms with E-state index in [1.807, 2.05) is 13.8 Å². The van der Waals surface area contributed by atoms with Crippen molar-refractivity contribution in [1.29, 1.82) is 0 Å². The minimum Gasteiger partial charge on any atom is -0.479 e. The van der Waals surface area contributed by atoms with Gasteiger partial charge in [0.2, 0.25) is 0 Å². The van der Waals surface area contributed by atoms with Gasteiger partial charge in [-0.05, 0) is 36.8 Å². The first kappa shape index (κ1) is 13.8. The molecule has 2 atom stereocenters. The van der Waals surface area contributed by atoms with E-state index in [-0.39, 0.29) is 5.97 Å². The summed E-state index contributed by atoms with van der Waals surface area (Å²) in [7, 11) is 1.40. The summed E-state index contributed by atoms with van der Waals surface area (Å²) in [5.41, 5.74) is 1.24. The van der Waals surface area contributed by atoms with Crippen LogP contribution in [0.3, 0.4) is 0 Å². The van der Waals surface area contributed by atoms with Crippen molar-refractivity contribution in [2.75, 3.05) is 7.11 Å². The molecule has 1 saturated heterocycles. The van der Waals surface area contributed by atoms with Crippen LogP contribution in [0.5, 0.6) is 0 Å². The summed E-state index contributed by atoms with van der Waals surface area (Å²) in [5.74, 6) is 1.11. The third-order valence-corrected chi connectivity index (χ3v) is 2.90. The van der Waals surface area contributed by atoms with Crippen molar-refractivity contribution < 1.29 is 14.3 Å². The highest BCUT2D eigenvalue weighted by atomic mass is 16.6. The van der Waals surface area contributed by atoms with Crippen LogP contribution in [0.15, 0.2) is 23.5 Å². The van der Waals surface area contributed by atoms with Crippen LogP contribution in [-0.2, 0) is 14.3 Å². The fourth-order valence-electron chi connectivity index (χ4n) is 2.00. The fourth-order valence-corrected chi connectivity index (χ4v) is 2.00. The van der Waals surface area contributed by atoms with Crippen LogP contribution in [0.1, 0.15) is 40.0 Å². The average molecular weight is 238 g/mol.